The third-order valence-corrected chi connectivity index (χ3v) is 5.25. The Morgan fingerprint density at radius 1 is 1.00 bits per heavy atom. The van der Waals surface area contributed by atoms with E-state index in [0.29, 0.717) is 37.2 Å². The van der Waals surface area contributed by atoms with Gasteiger partial charge in [0.2, 0.25) is 5.91 Å². The number of nitrogens with zero attached hydrogens (tertiary/aromatic N) is 4. The molecule has 0 atom stereocenters. The molecule has 1 aromatic carbocycles. The van der Waals surface area contributed by atoms with Crippen molar-refractivity contribution in [2.75, 3.05) is 23.3 Å². The van der Waals surface area contributed by atoms with Crippen LogP contribution < -0.4 is 16.0 Å². The number of hydrogen-bond acceptors (Lipinski definition) is 6. The van der Waals surface area contributed by atoms with E-state index in [4.69, 9.17) is 5.73 Å². The fourth-order valence-electron chi connectivity index (χ4n) is 3.57. The Balaban J connectivity index is 1.36. The van der Waals surface area contributed by atoms with Crippen molar-refractivity contribution >= 4 is 23.3 Å². The number of aromatic nitrogens is 3. The van der Waals surface area contributed by atoms with Crippen LogP contribution in [0.1, 0.15) is 23.2 Å². The number of nitrogens with two attached hydrogens (primary N) is 1. The molecule has 1 aliphatic heterocycles. The van der Waals surface area contributed by atoms with Crippen molar-refractivity contribution in [2.45, 2.75) is 12.8 Å². The minimum atomic E-state index is -0.561. The summed E-state index contributed by atoms with van der Waals surface area (Å²) in [5.74, 6) is 0.000708. The molecule has 3 heterocycles. The molecule has 3 N–H and O–H groups in total. The van der Waals surface area contributed by atoms with Crippen molar-refractivity contribution in [3.63, 3.8) is 0 Å². The predicted octanol–water partition coefficient (Wildman–Crippen LogP) is 2.49. The van der Waals surface area contributed by atoms with Crippen LogP contribution in [0.25, 0.3) is 11.3 Å². The first-order valence-electron chi connectivity index (χ1n) is 9.80. The quantitative estimate of drug-likeness (QED) is 0.678. The van der Waals surface area contributed by atoms with Gasteiger partial charge in [0.1, 0.15) is 0 Å². The molecule has 0 aliphatic carbocycles. The molecule has 0 spiro atoms. The molecule has 8 heteroatoms. The summed E-state index contributed by atoms with van der Waals surface area (Å²) in [6.07, 6.45) is 4.86. The predicted molar refractivity (Wildman–Crippen MR) is 114 cm³/mol. The largest absolute Gasteiger partial charge is 0.366 e. The third-order valence-electron chi connectivity index (χ3n) is 5.25. The number of anilines is 2. The van der Waals surface area contributed by atoms with Gasteiger partial charge in [0.05, 0.1) is 16.9 Å². The summed E-state index contributed by atoms with van der Waals surface area (Å²) in [6, 6.07) is 14.5. The Morgan fingerprint density at radius 2 is 1.80 bits per heavy atom. The molecule has 2 amide bonds. The number of primary amides is 1. The highest BCUT2D eigenvalue weighted by Gasteiger charge is 2.26. The first-order valence-corrected chi connectivity index (χ1v) is 9.80. The van der Waals surface area contributed by atoms with Gasteiger partial charge in [-0.1, -0.05) is 12.1 Å². The van der Waals surface area contributed by atoms with Gasteiger partial charge in [-0.3, -0.25) is 14.6 Å². The average molecular weight is 402 g/mol. The standard InChI is InChI=1S/C22H22N6O2/c23-21(29)17-5-1-2-6-19(17)25-22(30)15-9-12-28(13-10-15)20-8-7-18(26-27-20)16-4-3-11-24-14-16/h1-8,11,14-15H,9-10,12-13H2,(H2,23,29)(H,25,30). The number of rotatable bonds is 5. The van der Waals surface area contributed by atoms with Crippen molar-refractivity contribution in [1.29, 1.82) is 0 Å². The molecule has 2 aromatic heterocycles. The number of nitrogens with one attached hydrogen (secondary N) is 1. The molecular weight excluding hydrogens is 380 g/mol. The van der Waals surface area contributed by atoms with Crippen LogP contribution in [0, 0.1) is 5.92 Å². The number of amides is 2. The van der Waals surface area contributed by atoms with E-state index in [1.54, 1.807) is 36.7 Å². The van der Waals surface area contributed by atoms with Gasteiger partial charge < -0.3 is 16.0 Å². The monoisotopic (exact) mass is 402 g/mol. The van der Waals surface area contributed by atoms with Crippen molar-refractivity contribution in [2.24, 2.45) is 11.7 Å². The zero-order valence-electron chi connectivity index (χ0n) is 16.4. The highest BCUT2D eigenvalue weighted by atomic mass is 16.2. The molecule has 8 nitrogen and oxygen atoms in total. The first-order chi connectivity index (χ1) is 14.6. The highest BCUT2D eigenvalue weighted by molar-refractivity contribution is 6.03. The van der Waals surface area contributed by atoms with Gasteiger partial charge in [0.15, 0.2) is 5.82 Å². The normalized spacial score (nSPS) is 14.3. The number of carbonyl (C=O) groups excluding carboxylic acids is 2. The fraction of sp³-hybridized carbons (Fsp3) is 0.227. The summed E-state index contributed by atoms with van der Waals surface area (Å²) in [5.41, 5.74) is 7.84. The molecule has 1 saturated heterocycles. The second-order valence-corrected chi connectivity index (χ2v) is 7.18. The zero-order chi connectivity index (χ0) is 20.9. The number of pyridine rings is 1. The number of hydrogen-bond donors (Lipinski definition) is 2. The minimum Gasteiger partial charge on any atom is -0.366 e. The molecular formula is C22H22N6O2. The van der Waals surface area contributed by atoms with E-state index in [1.807, 2.05) is 24.3 Å². The van der Waals surface area contributed by atoms with E-state index in [-0.39, 0.29) is 11.8 Å². The maximum Gasteiger partial charge on any atom is 0.250 e. The van der Waals surface area contributed by atoms with Crippen LogP contribution in [-0.4, -0.2) is 40.1 Å². The van der Waals surface area contributed by atoms with Gasteiger partial charge in [0.25, 0.3) is 5.91 Å². The Morgan fingerprint density at radius 3 is 2.47 bits per heavy atom. The maximum atomic E-state index is 12.7. The molecule has 0 radical (unpaired) electrons. The Bertz CT molecular complexity index is 1030. The Labute approximate surface area is 174 Å². The molecule has 0 unspecified atom stereocenters. The number of piperidine rings is 1. The second-order valence-electron chi connectivity index (χ2n) is 7.18. The summed E-state index contributed by atoms with van der Waals surface area (Å²) in [4.78, 5) is 30.4. The van der Waals surface area contributed by atoms with Crippen molar-refractivity contribution in [1.82, 2.24) is 15.2 Å². The first kappa shape index (κ1) is 19.5. The lowest BCUT2D eigenvalue weighted by molar-refractivity contribution is -0.120. The second kappa shape index (κ2) is 8.69. The fourth-order valence-corrected chi connectivity index (χ4v) is 3.57. The van der Waals surface area contributed by atoms with E-state index in [2.05, 4.69) is 25.4 Å². The Hall–Kier alpha value is -3.81. The molecule has 4 rings (SSSR count). The molecule has 3 aromatic rings. The van der Waals surface area contributed by atoms with Crippen molar-refractivity contribution < 1.29 is 9.59 Å². The van der Waals surface area contributed by atoms with Gasteiger partial charge in [0, 0.05) is 37.0 Å². The minimum absolute atomic E-state index is 0.0960. The number of para-hydroxylation sites is 1. The van der Waals surface area contributed by atoms with Crippen LogP contribution in [0.3, 0.4) is 0 Å². The lowest BCUT2D eigenvalue weighted by atomic mass is 9.95. The summed E-state index contributed by atoms with van der Waals surface area (Å²) in [6.45, 7) is 1.41. The summed E-state index contributed by atoms with van der Waals surface area (Å²) in [5, 5.41) is 11.5. The van der Waals surface area contributed by atoms with E-state index in [9.17, 15) is 9.59 Å². The average Bonchev–Trinajstić information content (AvgIpc) is 2.80. The zero-order valence-corrected chi connectivity index (χ0v) is 16.4. The summed E-state index contributed by atoms with van der Waals surface area (Å²) < 4.78 is 0. The van der Waals surface area contributed by atoms with Crippen molar-refractivity contribution in [3.05, 3.63) is 66.5 Å². The topological polar surface area (TPSA) is 114 Å². The number of benzene rings is 1. The lowest BCUT2D eigenvalue weighted by Crippen LogP contribution is -2.38. The van der Waals surface area contributed by atoms with E-state index >= 15 is 0 Å². The van der Waals surface area contributed by atoms with E-state index in [1.165, 1.54) is 0 Å². The van der Waals surface area contributed by atoms with E-state index in [0.717, 1.165) is 17.1 Å². The smallest absolute Gasteiger partial charge is 0.250 e. The van der Waals surface area contributed by atoms with Gasteiger partial charge in [-0.2, -0.15) is 0 Å². The van der Waals surface area contributed by atoms with Crippen LogP contribution in [0.15, 0.2) is 60.9 Å². The summed E-state index contributed by atoms with van der Waals surface area (Å²) >= 11 is 0. The van der Waals surface area contributed by atoms with Gasteiger partial charge in [-0.05, 0) is 49.2 Å². The van der Waals surface area contributed by atoms with Crippen LogP contribution in [0.2, 0.25) is 0 Å². The third kappa shape index (κ3) is 4.27. The number of carbonyl (C=O) groups is 2. The molecule has 0 saturated carbocycles. The van der Waals surface area contributed by atoms with Gasteiger partial charge >= 0.3 is 0 Å². The van der Waals surface area contributed by atoms with Crippen LogP contribution in [-0.2, 0) is 4.79 Å². The Kier molecular flexibility index (Phi) is 5.65. The molecule has 1 aliphatic rings. The molecule has 30 heavy (non-hydrogen) atoms. The van der Waals surface area contributed by atoms with Crippen molar-refractivity contribution in [3.8, 4) is 11.3 Å². The van der Waals surface area contributed by atoms with Crippen LogP contribution in [0.5, 0.6) is 0 Å². The summed E-state index contributed by atoms with van der Waals surface area (Å²) in [7, 11) is 0. The highest BCUT2D eigenvalue weighted by Crippen LogP contribution is 2.25. The van der Waals surface area contributed by atoms with Crippen LogP contribution in [0.4, 0.5) is 11.5 Å². The van der Waals surface area contributed by atoms with Gasteiger partial charge in [-0.25, -0.2) is 0 Å². The van der Waals surface area contributed by atoms with Gasteiger partial charge in [-0.15, -0.1) is 10.2 Å². The van der Waals surface area contributed by atoms with Crippen LogP contribution >= 0.6 is 0 Å². The lowest BCUT2D eigenvalue weighted by Gasteiger charge is -2.32. The molecule has 0 bridgehead atoms. The SMILES string of the molecule is NC(=O)c1ccccc1NC(=O)C1CCN(c2ccc(-c3cccnc3)nn2)CC1. The molecule has 152 valence electrons. The van der Waals surface area contributed by atoms with E-state index < -0.39 is 5.91 Å². The maximum absolute atomic E-state index is 12.7. The molecule has 1 fully saturated rings.